The summed E-state index contributed by atoms with van der Waals surface area (Å²) in [5, 5.41) is 4.28. The number of hydrogen-bond donors (Lipinski definition) is 0. The number of nitrogens with zero attached hydrogens (tertiary/aromatic N) is 1. The maximum Gasteiger partial charge on any atom is 0.175 e. The molecule has 8 rings (SSSR count). The Morgan fingerprint density at radius 2 is 1.30 bits per heavy atom. The number of rotatable bonds is 3. The van der Waals surface area contributed by atoms with Crippen LogP contribution in [0.25, 0.3) is 21.5 Å². The molecule has 1 unspecified atom stereocenters. The molecule has 1 heterocycles. The summed E-state index contributed by atoms with van der Waals surface area (Å²) in [5.74, 6) is -1.10. The molecule has 0 bridgehead atoms. The van der Waals surface area contributed by atoms with Crippen molar-refractivity contribution in [3.05, 3.63) is 149 Å². The van der Waals surface area contributed by atoms with Gasteiger partial charge in [0.15, 0.2) is 11.6 Å². The predicted molar refractivity (Wildman–Crippen MR) is 180 cm³/mol. The molecule has 44 heavy (non-hydrogen) atoms. The zero-order valence-corrected chi connectivity index (χ0v) is 25.4. The van der Waals surface area contributed by atoms with Gasteiger partial charge in [0.1, 0.15) is 0 Å². The number of aryl methyl sites for hydroxylation is 1. The maximum absolute atomic E-state index is 13.7. The van der Waals surface area contributed by atoms with E-state index in [2.05, 4.69) is 105 Å². The maximum atomic E-state index is 13.7. The van der Waals surface area contributed by atoms with E-state index in [-0.39, 0.29) is 22.9 Å². The summed E-state index contributed by atoms with van der Waals surface area (Å²) in [7, 11) is 0. The van der Waals surface area contributed by atoms with Crippen LogP contribution in [0.15, 0.2) is 115 Å². The van der Waals surface area contributed by atoms with Gasteiger partial charge in [-0.25, -0.2) is 0 Å². The second kappa shape index (κ2) is 9.49. The smallest absolute Gasteiger partial charge is 0.175 e. The van der Waals surface area contributed by atoms with Crippen LogP contribution in [0, 0.1) is 12.8 Å². The molecule has 0 saturated heterocycles. The highest BCUT2D eigenvalue weighted by atomic mass is 16.2. The van der Waals surface area contributed by atoms with Crippen LogP contribution < -0.4 is 4.90 Å². The Morgan fingerprint density at radius 1 is 0.659 bits per heavy atom. The molecule has 2 aliphatic rings. The summed E-state index contributed by atoms with van der Waals surface area (Å²) in [6, 6.07) is 40.1. The number of carbonyl (C=O) groups is 2. The number of benzene rings is 6. The highest BCUT2D eigenvalue weighted by molar-refractivity contribution is 6.28. The van der Waals surface area contributed by atoms with Crippen molar-refractivity contribution < 1.29 is 9.59 Å². The van der Waals surface area contributed by atoms with E-state index < -0.39 is 5.92 Å². The van der Waals surface area contributed by atoms with E-state index in [9.17, 15) is 9.59 Å². The average Bonchev–Trinajstić information content (AvgIpc) is 3.28. The Balaban J connectivity index is 1.24. The zero-order chi connectivity index (χ0) is 30.3. The summed E-state index contributed by atoms with van der Waals surface area (Å²) in [6.45, 7) is 8.75. The van der Waals surface area contributed by atoms with E-state index in [0.29, 0.717) is 11.1 Å². The molecule has 0 saturated carbocycles. The van der Waals surface area contributed by atoms with Gasteiger partial charge in [0.25, 0.3) is 0 Å². The van der Waals surface area contributed by atoms with E-state index in [0.717, 1.165) is 27.4 Å². The molecule has 0 fully saturated rings. The molecule has 214 valence electrons. The minimum atomic E-state index is -0.711. The number of hydrogen-bond acceptors (Lipinski definition) is 3. The van der Waals surface area contributed by atoms with Crippen molar-refractivity contribution in [2.45, 2.75) is 39.0 Å². The van der Waals surface area contributed by atoms with Crippen LogP contribution in [0.1, 0.15) is 69.7 Å². The van der Waals surface area contributed by atoms with Gasteiger partial charge in [-0.15, -0.1) is 0 Å². The van der Waals surface area contributed by atoms with E-state index in [4.69, 9.17) is 0 Å². The van der Waals surface area contributed by atoms with Gasteiger partial charge in [0, 0.05) is 22.2 Å². The lowest BCUT2D eigenvalue weighted by Gasteiger charge is -2.42. The molecule has 1 aliphatic heterocycles. The van der Waals surface area contributed by atoms with Crippen molar-refractivity contribution in [1.82, 2.24) is 0 Å². The van der Waals surface area contributed by atoms with Crippen LogP contribution in [0.4, 0.5) is 17.1 Å². The van der Waals surface area contributed by atoms with Gasteiger partial charge in [-0.2, -0.15) is 0 Å². The third-order valence-electron chi connectivity index (χ3n) is 10.0. The molecule has 3 heteroatoms. The van der Waals surface area contributed by atoms with Crippen LogP contribution in [-0.4, -0.2) is 11.6 Å². The molecule has 6 aromatic rings. The molecular formula is C41H33NO2. The topological polar surface area (TPSA) is 37.4 Å². The summed E-state index contributed by atoms with van der Waals surface area (Å²) < 4.78 is 0. The van der Waals surface area contributed by atoms with Crippen LogP contribution >= 0.6 is 0 Å². The predicted octanol–water partition coefficient (Wildman–Crippen LogP) is 10.2. The second-order valence-corrected chi connectivity index (χ2v) is 13.0. The standard InChI is InChI=1S/C41H33NO2/c1-24-13-17-30(18-14-24)42-35-12-8-7-11-34(35)41(3,4)38-31-19-15-26(21-29(31)16-20-36(38)42)25(2)37-39(43)32-22-27-9-5-6-10-28(27)23-33(32)40(37)44/h5-23,25,37H,1-4H3. The van der Waals surface area contributed by atoms with Crippen LogP contribution in [0.3, 0.4) is 0 Å². The largest absolute Gasteiger partial charge is 0.310 e. The summed E-state index contributed by atoms with van der Waals surface area (Å²) in [5.41, 5.74) is 9.18. The van der Waals surface area contributed by atoms with Gasteiger partial charge in [0.2, 0.25) is 0 Å². The first-order valence-electron chi connectivity index (χ1n) is 15.4. The van der Waals surface area contributed by atoms with E-state index in [1.54, 1.807) is 0 Å². The quantitative estimate of drug-likeness (QED) is 0.198. The first kappa shape index (κ1) is 26.6. The van der Waals surface area contributed by atoms with Crippen molar-refractivity contribution in [3.63, 3.8) is 0 Å². The van der Waals surface area contributed by atoms with Crippen LogP contribution in [0.2, 0.25) is 0 Å². The Hall–Kier alpha value is -5.02. The van der Waals surface area contributed by atoms with Crippen LogP contribution in [-0.2, 0) is 5.41 Å². The van der Waals surface area contributed by atoms with Crippen molar-refractivity contribution in [2.75, 3.05) is 4.90 Å². The van der Waals surface area contributed by atoms with Crippen LogP contribution in [0.5, 0.6) is 0 Å². The van der Waals surface area contributed by atoms with Gasteiger partial charge in [-0.3, -0.25) is 9.59 Å². The van der Waals surface area contributed by atoms with E-state index in [1.165, 1.54) is 33.5 Å². The minimum absolute atomic E-state index is 0.0692. The molecule has 0 amide bonds. The number of para-hydroxylation sites is 1. The minimum Gasteiger partial charge on any atom is -0.310 e. The summed E-state index contributed by atoms with van der Waals surface area (Å²) in [6.07, 6.45) is 0. The normalized spacial score (nSPS) is 16.2. The number of Topliss-reactive ketones (excluding diaryl/α,β-unsaturated/α-hetero) is 2. The number of carbonyl (C=O) groups excluding carboxylic acids is 2. The molecule has 0 spiro atoms. The molecule has 0 radical (unpaired) electrons. The lowest BCUT2D eigenvalue weighted by atomic mass is 9.71. The molecule has 1 atom stereocenters. The number of fused-ring (bicyclic) bond motifs is 6. The third-order valence-corrected chi connectivity index (χ3v) is 10.0. The SMILES string of the molecule is Cc1ccc(N2c3ccccc3C(C)(C)c3c2ccc2cc(C(C)C4C(=O)c5cc6ccccc6cc5C4=O)ccc32)cc1. The monoisotopic (exact) mass is 571 g/mol. The molecule has 0 aromatic heterocycles. The van der Waals surface area contributed by atoms with Crippen molar-refractivity contribution in [2.24, 2.45) is 5.92 Å². The first-order chi connectivity index (χ1) is 21.2. The van der Waals surface area contributed by atoms with E-state index in [1.807, 2.05) is 43.3 Å². The van der Waals surface area contributed by atoms with E-state index >= 15 is 0 Å². The third kappa shape index (κ3) is 3.75. The van der Waals surface area contributed by atoms with Crippen molar-refractivity contribution in [3.8, 4) is 0 Å². The Morgan fingerprint density at radius 3 is 1.98 bits per heavy atom. The molecule has 6 aromatic carbocycles. The lowest BCUT2D eigenvalue weighted by Crippen LogP contribution is -2.31. The second-order valence-electron chi connectivity index (χ2n) is 13.0. The molecular weight excluding hydrogens is 538 g/mol. The van der Waals surface area contributed by atoms with Gasteiger partial charge in [-0.1, -0.05) is 105 Å². The van der Waals surface area contributed by atoms with Crippen molar-refractivity contribution in [1.29, 1.82) is 0 Å². The lowest BCUT2D eigenvalue weighted by molar-refractivity contribution is 0.0820. The van der Waals surface area contributed by atoms with Gasteiger partial charge in [0.05, 0.1) is 17.3 Å². The fourth-order valence-corrected chi connectivity index (χ4v) is 7.65. The fraction of sp³-hybridized carbons (Fsp3) is 0.171. The Labute approximate surface area is 257 Å². The zero-order valence-electron chi connectivity index (χ0n) is 25.4. The fourth-order valence-electron chi connectivity index (χ4n) is 7.65. The average molecular weight is 572 g/mol. The highest BCUT2D eigenvalue weighted by Gasteiger charge is 2.43. The molecule has 3 nitrogen and oxygen atoms in total. The van der Waals surface area contributed by atoms with Gasteiger partial charge >= 0.3 is 0 Å². The molecule has 0 N–H and O–H groups in total. The Kier molecular flexibility index (Phi) is 5.74. The summed E-state index contributed by atoms with van der Waals surface area (Å²) >= 11 is 0. The summed E-state index contributed by atoms with van der Waals surface area (Å²) in [4.78, 5) is 29.8. The first-order valence-corrected chi connectivity index (χ1v) is 15.4. The number of anilines is 3. The molecule has 1 aliphatic carbocycles. The Bertz CT molecular complexity index is 2120. The van der Waals surface area contributed by atoms with Gasteiger partial charge < -0.3 is 4.90 Å². The highest BCUT2D eigenvalue weighted by Crippen LogP contribution is 2.54. The number of ketones is 2. The van der Waals surface area contributed by atoms with Crippen molar-refractivity contribution >= 4 is 50.2 Å². The van der Waals surface area contributed by atoms with Gasteiger partial charge in [-0.05, 0) is 87.5 Å².